The molecule has 5 nitrogen and oxygen atoms in total. The molecule has 0 amide bonds. The molecule has 3 aromatic rings. The maximum Gasteiger partial charge on any atom is 0.161 e. The zero-order valence-corrected chi connectivity index (χ0v) is 16.6. The summed E-state index contributed by atoms with van der Waals surface area (Å²) in [6.45, 7) is 6.87. The van der Waals surface area contributed by atoms with Crippen LogP contribution < -0.4 is 9.47 Å². The van der Waals surface area contributed by atoms with Crippen LogP contribution in [0.3, 0.4) is 0 Å². The molecule has 0 bridgehead atoms. The second kappa shape index (κ2) is 9.42. The minimum absolute atomic E-state index is 0.448. The number of aliphatic hydroxyl groups excluding tert-OH is 1. The minimum Gasteiger partial charge on any atom is -0.493 e. The van der Waals surface area contributed by atoms with Gasteiger partial charge in [0.1, 0.15) is 18.5 Å². The highest BCUT2D eigenvalue weighted by Gasteiger charge is 2.17. The number of benzene rings is 2. The summed E-state index contributed by atoms with van der Waals surface area (Å²) < 4.78 is 13.5. The van der Waals surface area contributed by atoms with E-state index in [1.165, 1.54) is 0 Å². The molecule has 0 saturated carbocycles. The Kier molecular flexibility index (Phi) is 6.71. The number of fused-ring (bicyclic) bond motifs is 1. The van der Waals surface area contributed by atoms with Crippen LogP contribution in [0.15, 0.2) is 55.1 Å². The number of para-hydroxylation sites is 2. The Hall–Kier alpha value is -2.79. The SMILES string of the molecule is C=CCc1ccc(OCCn2c([C@@H](O)CCC)nc3ccccc32)c(OC)c1. The van der Waals surface area contributed by atoms with Crippen molar-refractivity contribution in [2.75, 3.05) is 13.7 Å². The van der Waals surface area contributed by atoms with Gasteiger partial charge in [-0.1, -0.05) is 37.6 Å². The van der Waals surface area contributed by atoms with Gasteiger partial charge >= 0.3 is 0 Å². The molecule has 0 radical (unpaired) electrons. The third-order valence-electron chi connectivity index (χ3n) is 4.72. The zero-order chi connectivity index (χ0) is 19.9. The number of hydrogen-bond donors (Lipinski definition) is 1. The van der Waals surface area contributed by atoms with Crippen molar-refractivity contribution >= 4 is 11.0 Å². The van der Waals surface area contributed by atoms with Gasteiger partial charge < -0.3 is 19.1 Å². The highest BCUT2D eigenvalue weighted by Crippen LogP contribution is 2.29. The first-order valence-electron chi connectivity index (χ1n) is 9.71. The van der Waals surface area contributed by atoms with E-state index in [4.69, 9.17) is 9.47 Å². The molecule has 0 aliphatic heterocycles. The molecule has 1 atom stereocenters. The van der Waals surface area contributed by atoms with Crippen molar-refractivity contribution in [2.24, 2.45) is 0 Å². The lowest BCUT2D eigenvalue weighted by atomic mass is 10.1. The van der Waals surface area contributed by atoms with Crippen LogP contribution in [0.4, 0.5) is 0 Å². The molecule has 0 aliphatic rings. The molecule has 2 aromatic carbocycles. The van der Waals surface area contributed by atoms with Crippen LogP contribution in [0, 0.1) is 0 Å². The van der Waals surface area contributed by atoms with Gasteiger partial charge in [0.2, 0.25) is 0 Å². The molecule has 1 N–H and O–H groups in total. The van der Waals surface area contributed by atoms with E-state index in [9.17, 15) is 5.11 Å². The van der Waals surface area contributed by atoms with Crippen molar-refractivity contribution < 1.29 is 14.6 Å². The van der Waals surface area contributed by atoms with Crippen molar-refractivity contribution in [1.29, 1.82) is 0 Å². The number of nitrogens with zero attached hydrogens (tertiary/aromatic N) is 2. The molecule has 3 rings (SSSR count). The van der Waals surface area contributed by atoms with Crippen LogP contribution in [-0.4, -0.2) is 28.4 Å². The largest absolute Gasteiger partial charge is 0.493 e. The van der Waals surface area contributed by atoms with E-state index in [2.05, 4.69) is 18.5 Å². The van der Waals surface area contributed by atoms with Crippen LogP contribution in [0.25, 0.3) is 11.0 Å². The second-order valence-corrected chi connectivity index (χ2v) is 6.74. The number of aromatic nitrogens is 2. The van der Waals surface area contributed by atoms with Crippen molar-refractivity contribution in [1.82, 2.24) is 9.55 Å². The molecule has 0 saturated heterocycles. The number of ether oxygens (including phenoxy) is 2. The number of hydrogen-bond acceptors (Lipinski definition) is 4. The Morgan fingerprint density at radius 1 is 1.21 bits per heavy atom. The summed E-state index contributed by atoms with van der Waals surface area (Å²) in [7, 11) is 1.64. The predicted octanol–water partition coefficient (Wildman–Crippen LogP) is 4.69. The maximum absolute atomic E-state index is 10.5. The topological polar surface area (TPSA) is 56.5 Å². The van der Waals surface area contributed by atoms with E-state index >= 15 is 0 Å². The Labute approximate surface area is 166 Å². The van der Waals surface area contributed by atoms with Gasteiger partial charge in [0, 0.05) is 0 Å². The Morgan fingerprint density at radius 2 is 2.04 bits per heavy atom. The van der Waals surface area contributed by atoms with Crippen LogP contribution >= 0.6 is 0 Å². The average molecular weight is 380 g/mol. The van der Waals surface area contributed by atoms with Crippen LogP contribution in [0.2, 0.25) is 0 Å². The van der Waals surface area contributed by atoms with Gasteiger partial charge in [-0.05, 0) is 42.7 Å². The third-order valence-corrected chi connectivity index (χ3v) is 4.72. The van der Waals surface area contributed by atoms with Gasteiger partial charge in [0.15, 0.2) is 11.5 Å². The van der Waals surface area contributed by atoms with Crippen LogP contribution in [-0.2, 0) is 13.0 Å². The van der Waals surface area contributed by atoms with Gasteiger partial charge in [-0.2, -0.15) is 0 Å². The van der Waals surface area contributed by atoms with E-state index < -0.39 is 6.10 Å². The smallest absolute Gasteiger partial charge is 0.161 e. The second-order valence-electron chi connectivity index (χ2n) is 6.74. The zero-order valence-electron chi connectivity index (χ0n) is 16.6. The molecule has 0 aliphatic carbocycles. The van der Waals surface area contributed by atoms with Gasteiger partial charge in [0.05, 0.1) is 24.7 Å². The van der Waals surface area contributed by atoms with Crippen LogP contribution in [0.1, 0.15) is 37.3 Å². The van der Waals surface area contributed by atoms with Gasteiger partial charge in [-0.3, -0.25) is 0 Å². The number of rotatable bonds is 10. The summed E-state index contributed by atoms with van der Waals surface area (Å²) in [5.41, 5.74) is 3.02. The predicted molar refractivity (Wildman–Crippen MR) is 112 cm³/mol. The van der Waals surface area contributed by atoms with E-state index in [0.29, 0.717) is 36.9 Å². The Balaban J connectivity index is 1.78. The summed E-state index contributed by atoms with van der Waals surface area (Å²) >= 11 is 0. The fourth-order valence-corrected chi connectivity index (χ4v) is 3.36. The lowest BCUT2D eigenvalue weighted by molar-refractivity contribution is 0.150. The van der Waals surface area contributed by atoms with Gasteiger partial charge in [-0.15, -0.1) is 6.58 Å². The van der Waals surface area contributed by atoms with Gasteiger partial charge in [0.25, 0.3) is 0 Å². The molecule has 148 valence electrons. The molecule has 1 heterocycles. The van der Waals surface area contributed by atoms with E-state index in [-0.39, 0.29) is 0 Å². The normalized spacial score (nSPS) is 12.1. The van der Waals surface area contributed by atoms with Crippen molar-refractivity contribution in [3.05, 3.63) is 66.5 Å². The Morgan fingerprint density at radius 3 is 2.79 bits per heavy atom. The molecule has 0 unspecified atom stereocenters. The first-order valence-corrected chi connectivity index (χ1v) is 9.71. The molecule has 1 aromatic heterocycles. The molecule has 28 heavy (non-hydrogen) atoms. The van der Waals surface area contributed by atoms with Crippen molar-refractivity contribution in [3.8, 4) is 11.5 Å². The quantitative estimate of drug-likeness (QED) is 0.519. The maximum atomic E-state index is 10.5. The monoisotopic (exact) mass is 380 g/mol. The standard InChI is InChI=1S/C23H28N2O3/c1-4-8-17-12-13-21(22(16-17)27-3)28-15-14-25-19-11-7-6-10-18(19)24-23(25)20(26)9-5-2/h4,6-7,10-13,16,20,26H,1,5,8-9,14-15H2,2-3H3/t20-/m0/s1. The van der Waals surface area contributed by atoms with Crippen LogP contribution in [0.5, 0.6) is 11.5 Å². The summed E-state index contributed by atoms with van der Waals surface area (Å²) in [5.74, 6) is 2.11. The third kappa shape index (κ3) is 4.37. The van der Waals surface area contributed by atoms with Gasteiger partial charge in [-0.25, -0.2) is 4.98 Å². The summed E-state index contributed by atoms with van der Waals surface area (Å²) in [4.78, 5) is 4.65. The van der Waals surface area contributed by atoms with E-state index in [0.717, 1.165) is 29.4 Å². The number of aliphatic hydroxyl groups is 1. The fourth-order valence-electron chi connectivity index (χ4n) is 3.36. The summed E-state index contributed by atoms with van der Waals surface area (Å²) in [5, 5.41) is 10.5. The number of methoxy groups -OCH3 is 1. The first-order chi connectivity index (χ1) is 13.7. The molecule has 0 spiro atoms. The van der Waals surface area contributed by atoms with Crippen molar-refractivity contribution in [3.63, 3.8) is 0 Å². The summed E-state index contributed by atoms with van der Waals surface area (Å²) in [6.07, 6.45) is 3.65. The molecular formula is C23H28N2O3. The number of allylic oxidation sites excluding steroid dienone is 1. The van der Waals surface area contributed by atoms with Crippen molar-refractivity contribution in [2.45, 2.75) is 38.8 Å². The lowest BCUT2D eigenvalue weighted by Gasteiger charge is -2.15. The molecule has 5 heteroatoms. The molecular weight excluding hydrogens is 352 g/mol. The Bertz CT molecular complexity index is 933. The average Bonchev–Trinajstić information content (AvgIpc) is 3.08. The lowest BCUT2D eigenvalue weighted by Crippen LogP contribution is -2.14. The first kappa shape index (κ1) is 20.0. The summed E-state index contributed by atoms with van der Waals surface area (Å²) in [6, 6.07) is 13.9. The highest BCUT2D eigenvalue weighted by molar-refractivity contribution is 5.76. The highest BCUT2D eigenvalue weighted by atomic mass is 16.5. The van der Waals surface area contributed by atoms with E-state index in [1.54, 1.807) is 7.11 Å². The minimum atomic E-state index is -0.579. The fraction of sp³-hybridized carbons (Fsp3) is 0.348. The molecule has 0 fully saturated rings. The number of imidazole rings is 1. The van der Waals surface area contributed by atoms with E-state index in [1.807, 2.05) is 53.1 Å².